The summed E-state index contributed by atoms with van der Waals surface area (Å²) in [6.07, 6.45) is 10.8. The predicted molar refractivity (Wildman–Crippen MR) is 134 cm³/mol. The van der Waals surface area contributed by atoms with Gasteiger partial charge >= 0.3 is 0 Å². The zero-order chi connectivity index (χ0) is 24.8. The third-order valence-electron chi connectivity index (χ3n) is 7.26. The molecule has 1 fully saturated rings. The fourth-order valence-corrected chi connectivity index (χ4v) is 6.10. The number of Topliss-reactive ketones (excluding diaryl/α,β-unsaturated/α-hetero) is 1. The summed E-state index contributed by atoms with van der Waals surface area (Å²) in [5, 5.41) is 1.02. The molecule has 0 N–H and O–H groups in total. The molecular weight excluding hydrogens is 468 g/mol. The summed E-state index contributed by atoms with van der Waals surface area (Å²) in [6, 6.07) is 3.69. The highest BCUT2D eigenvalue weighted by Gasteiger charge is 2.25. The number of nitrogens with zero attached hydrogens (tertiary/aromatic N) is 3. The lowest BCUT2D eigenvalue weighted by Crippen LogP contribution is -2.29. The highest BCUT2D eigenvalue weighted by atomic mass is 32.1. The van der Waals surface area contributed by atoms with Crippen LogP contribution in [-0.4, -0.2) is 52.8 Å². The fraction of sp³-hybridized carbons (Fsp3) is 0.667. The van der Waals surface area contributed by atoms with E-state index in [9.17, 15) is 13.6 Å². The van der Waals surface area contributed by atoms with Gasteiger partial charge in [0, 0.05) is 62.1 Å². The Bertz CT molecular complexity index is 983. The molecule has 1 saturated carbocycles. The smallest absolute Gasteiger partial charge is 0.278 e. The van der Waals surface area contributed by atoms with E-state index in [1.54, 1.807) is 17.4 Å². The first-order valence-electron chi connectivity index (χ1n) is 12.9. The molecule has 0 spiro atoms. The summed E-state index contributed by atoms with van der Waals surface area (Å²) >= 11 is 1.63. The molecule has 2 aromatic heterocycles. The number of ketones is 1. The van der Waals surface area contributed by atoms with Crippen molar-refractivity contribution in [2.24, 2.45) is 11.8 Å². The molecule has 192 valence electrons. The monoisotopic (exact) mass is 505 g/mol. The molecule has 35 heavy (non-hydrogen) atoms. The Morgan fingerprint density at radius 1 is 1.17 bits per heavy atom. The van der Waals surface area contributed by atoms with Gasteiger partial charge in [0.15, 0.2) is 6.61 Å². The number of fused-ring (bicyclic) bond motifs is 1. The number of hydrogen-bond donors (Lipinski definition) is 0. The number of carbonyl (C=O) groups is 1. The predicted octanol–water partition coefficient (Wildman–Crippen LogP) is 5.68. The van der Waals surface area contributed by atoms with Crippen LogP contribution in [0.1, 0.15) is 66.6 Å². The SMILES string of the molecule is Cc1ncc(CC(=O)CC2CCC(CCN3CCc4ccc(OCC(C)(F)F)nc4CC3)CC2)s1. The molecule has 2 aromatic rings. The van der Waals surface area contributed by atoms with Crippen LogP contribution in [0.2, 0.25) is 0 Å². The van der Waals surface area contributed by atoms with Crippen LogP contribution in [0.15, 0.2) is 18.3 Å². The molecule has 0 radical (unpaired) electrons. The second kappa shape index (κ2) is 11.9. The minimum absolute atomic E-state index is 0.288. The van der Waals surface area contributed by atoms with E-state index >= 15 is 0 Å². The van der Waals surface area contributed by atoms with E-state index in [-0.39, 0.29) is 5.88 Å². The van der Waals surface area contributed by atoms with E-state index in [4.69, 9.17) is 4.74 Å². The molecule has 0 unspecified atom stereocenters. The maximum absolute atomic E-state index is 13.1. The molecule has 0 saturated heterocycles. The first-order valence-corrected chi connectivity index (χ1v) is 13.7. The average Bonchev–Trinajstić information content (AvgIpc) is 3.10. The summed E-state index contributed by atoms with van der Waals surface area (Å²) in [7, 11) is 0. The standard InChI is InChI=1S/C27H37F2N3O2S/c1-19-30-17-24(35-19)16-23(33)15-21-5-3-20(4-6-21)9-12-32-13-10-22-7-8-26(31-25(22)11-14-32)34-18-27(2,28)29/h7-8,17,20-21H,3-6,9-16,18H2,1-2H3. The summed E-state index contributed by atoms with van der Waals surface area (Å²) in [5.41, 5.74) is 2.17. The lowest BCUT2D eigenvalue weighted by atomic mass is 9.78. The van der Waals surface area contributed by atoms with E-state index in [1.165, 1.54) is 24.8 Å². The topological polar surface area (TPSA) is 55.3 Å². The average molecular weight is 506 g/mol. The van der Waals surface area contributed by atoms with Crippen molar-refractivity contribution in [2.45, 2.75) is 77.6 Å². The number of hydrogen-bond acceptors (Lipinski definition) is 6. The van der Waals surface area contributed by atoms with Crippen LogP contribution in [-0.2, 0) is 24.1 Å². The number of carbonyl (C=O) groups excluding carboxylic acids is 1. The van der Waals surface area contributed by atoms with Gasteiger partial charge in [-0.2, -0.15) is 0 Å². The fourth-order valence-electron chi connectivity index (χ4n) is 5.28. The Morgan fingerprint density at radius 2 is 1.91 bits per heavy atom. The van der Waals surface area contributed by atoms with Gasteiger partial charge < -0.3 is 9.64 Å². The van der Waals surface area contributed by atoms with Crippen LogP contribution in [0.4, 0.5) is 8.78 Å². The van der Waals surface area contributed by atoms with Crippen molar-refractivity contribution in [3.8, 4) is 5.88 Å². The molecule has 0 amide bonds. The maximum atomic E-state index is 13.1. The zero-order valence-corrected chi connectivity index (χ0v) is 21.7. The Kier molecular flexibility index (Phi) is 8.87. The highest BCUT2D eigenvalue weighted by molar-refractivity contribution is 7.11. The number of alkyl halides is 2. The van der Waals surface area contributed by atoms with Crippen molar-refractivity contribution in [1.29, 1.82) is 0 Å². The molecule has 0 aromatic carbocycles. The Balaban J connectivity index is 1.16. The van der Waals surface area contributed by atoms with E-state index in [1.807, 2.05) is 19.2 Å². The normalized spacial score (nSPS) is 21.4. The van der Waals surface area contributed by atoms with Crippen LogP contribution >= 0.6 is 11.3 Å². The van der Waals surface area contributed by atoms with Gasteiger partial charge in [-0.1, -0.05) is 18.9 Å². The first-order chi connectivity index (χ1) is 16.7. The lowest BCUT2D eigenvalue weighted by Gasteiger charge is -2.30. The Hall–Kier alpha value is -1.93. The zero-order valence-electron chi connectivity index (χ0n) is 20.9. The van der Waals surface area contributed by atoms with Crippen LogP contribution in [0.3, 0.4) is 0 Å². The Morgan fingerprint density at radius 3 is 2.63 bits per heavy atom. The summed E-state index contributed by atoms with van der Waals surface area (Å²) in [4.78, 5) is 24.8. The summed E-state index contributed by atoms with van der Waals surface area (Å²) in [5.74, 6) is -0.940. The van der Waals surface area contributed by atoms with Gasteiger partial charge in [0.25, 0.3) is 5.92 Å². The number of ether oxygens (including phenoxy) is 1. The van der Waals surface area contributed by atoms with Crippen molar-refractivity contribution >= 4 is 17.1 Å². The van der Waals surface area contributed by atoms with Gasteiger partial charge in [-0.05, 0) is 56.6 Å². The second-order valence-electron chi connectivity index (χ2n) is 10.4. The van der Waals surface area contributed by atoms with Gasteiger partial charge in [-0.3, -0.25) is 4.79 Å². The van der Waals surface area contributed by atoms with Gasteiger partial charge in [0.2, 0.25) is 5.88 Å². The van der Waals surface area contributed by atoms with Crippen LogP contribution in [0.25, 0.3) is 0 Å². The van der Waals surface area contributed by atoms with E-state index in [2.05, 4.69) is 14.9 Å². The quantitative estimate of drug-likeness (QED) is 0.416. The molecule has 4 rings (SSSR count). The number of aryl methyl sites for hydroxylation is 1. The van der Waals surface area contributed by atoms with E-state index in [0.29, 0.717) is 24.5 Å². The third-order valence-corrected chi connectivity index (χ3v) is 8.17. The minimum atomic E-state index is -2.86. The molecular formula is C27H37F2N3O2S. The van der Waals surface area contributed by atoms with Crippen LogP contribution in [0, 0.1) is 18.8 Å². The molecule has 0 bridgehead atoms. The van der Waals surface area contributed by atoms with Gasteiger partial charge in [0.05, 0.1) is 5.01 Å². The molecule has 3 heterocycles. The minimum Gasteiger partial charge on any atom is -0.471 e. The molecule has 1 aliphatic heterocycles. The van der Waals surface area contributed by atoms with Crippen molar-refractivity contribution in [3.05, 3.63) is 39.5 Å². The number of pyridine rings is 1. The number of thiazole rings is 1. The van der Waals surface area contributed by atoms with Gasteiger partial charge in [-0.15, -0.1) is 11.3 Å². The van der Waals surface area contributed by atoms with E-state index in [0.717, 1.165) is 73.7 Å². The molecule has 0 atom stereocenters. The van der Waals surface area contributed by atoms with E-state index < -0.39 is 12.5 Å². The van der Waals surface area contributed by atoms with Crippen LogP contribution in [0.5, 0.6) is 5.88 Å². The van der Waals surface area contributed by atoms with Crippen LogP contribution < -0.4 is 4.74 Å². The second-order valence-corrected chi connectivity index (χ2v) is 11.7. The van der Waals surface area contributed by atoms with Crippen molar-refractivity contribution in [1.82, 2.24) is 14.9 Å². The lowest BCUT2D eigenvalue weighted by molar-refractivity contribution is -0.119. The van der Waals surface area contributed by atoms with Crippen molar-refractivity contribution in [3.63, 3.8) is 0 Å². The largest absolute Gasteiger partial charge is 0.471 e. The third kappa shape index (κ3) is 8.31. The van der Waals surface area contributed by atoms with Crippen molar-refractivity contribution < 1.29 is 18.3 Å². The number of halogens is 2. The first kappa shape index (κ1) is 26.1. The highest BCUT2D eigenvalue weighted by Crippen LogP contribution is 2.33. The maximum Gasteiger partial charge on any atom is 0.278 e. The Labute approximate surface area is 211 Å². The van der Waals surface area contributed by atoms with Gasteiger partial charge in [-0.25, -0.2) is 18.7 Å². The van der Waals surface area contributed by atoms with Gasteiger partial charge in [0.1, 0.15) is 5.78 Å². The van der Waals surface area contributed by atoms with Crippen molar-refractivity contribution in [2.75, 3.05) is 26.2 Å². The molecule has 8 heteroatoms. The summed E-state index contributed by atoms with van der Waals surface area (Å²) < 4.78 is 31.4. The summed E-state index contributed by atoms with van der Waals surface area (Å²) in [6.45, 7) is 5.21. The molecule has 1 aliphatic carbocycles. The molecule has 5 nitrogen and oxygen atoms in total. The number of aromatic nitrogens is 2. The number of rotatable bonds is 10. The molecule has 2 aliphatic rings.